The standard InChI is InChI=1S/C12H13N2O3S/c1-12(2)11(16)9(14-5-8(15)13-6-14)10-7(17-12)3-4-18-10/h3-4,9,11,16H,5H2,1-2H3/q-1. The molecule has 96 valence electrons. The molecular weight excluding hydrogens is 252 g/mol. The fourth-order valence-corrected chi connectivity index (χ4v) is 3.25. The molecule has 2 aliphatic rings. The molecule has 0 spiro atoms. The lowest BCUT2D eigenvalue weighted by Crippen LogP contribution is -2.52. The second-order valence-corrected chi connectivity index (χ2v) is 5.93. The van der Waals surface area contributed by atoms with Gasteiger partial charge in [-0.1, -0.05) is 6.34 Å². The van der Waals surface area contributed by atoms with Crippen LogP contribution in [-0.4, -0.2) is 40.5 Å². The lowest BCUT2D eigenvalue weighted by atomic mass is 9.90. The molecule has 1 aromatic heterocycles. The molecule has 5 nitrogen and oxygen atoms in total. The number of amides is 1. The van der Waals surface area contributed by atoms with Crippen molar-refractivity contribution in [2.75, 3.05) is 6.54 Å². The van der Waals surface area contributed by atoms with Crippen LogP contribution in [0, 0.1) is 0 Å². The number of rotatable bonds is 1. The Bertz CT molecular complexity index is 523. The van der Waals surface area contributed by atoms with E-state index in [1.807, 2.05) is 25.3 Å². The van der Waals surface area contributed by atoms with Crippen molar-refractivity contribution in [3.05, 3.63) is 16.3 Å². The Morgan fingerprint density at radius 2 is 2.44 bits per heavy atom. The zero-order chi connectivity index (χ0) is 12.9. The minimum atomic E-state index is -0.739. The number of carbonyl (C=O) groups excluding carboxylic acids is 1. The number of carbonyl (C=O) groups is 1. The van der Waals surface area contributed by atoms with E-state index in [-0.39, 0.29) is 18.5 Å². The highest BCUT2D eigenvalue weighted by Crippen LogP contribution is 2.45. The maximum absolute atomic E-state index is 11.2. The quantitative estimate of drug-likeness (QED) is 0.772. The molecule has 0 aliphatic carbocycles. The zero-order valence-electron chi connectivity index (χ0n) is 10.1. The first-order chi connectivity index (χ1) is 8.49. The largest absolute Gasteiger partial charge is 0.484 e. The van der Waals surface area contributed by atoms with Gasteiger partial charge in [0.25, 0.3) is 0 Å². The van der Waals surface area contributed by atoms with Crippen molar-refractivity contribution >= 4 is 23.6 Å². The van der Waals surface area contributed by atoms with Crippen LogP contribution in [0.1, 0.15) is 24.8 Å². The van der Waals surface area contributed by atoms with Gasteiger partial charge in [-0.05, 0) is 25.3 Å². The van der Waals surface area contributed by atoms with Crippen LogP contribution in [0.5, 0.6) is 5.75 Å². The van der Waals surface area contributed by atoms with Crippen molar-refractivity contribution in [1.82, 2.24) is 4.90 Å². The number of nitrogens with zero attached hydrogens (tertiary/aromatic N) is 2. The predicted molar refractivity (Wildman–Crippen MR) is 66.9 cm³/mol. The van der Waals surface area contributed by atoms with Gasteiger partial charge in [-0.15, -0.1) is 11.3 Å². The third kappa shape index (κ3) is 1.64. The summed E-state index contributed by atoms with van der Waals surface area (Å²) in [6.45, 7) is 3.83. The summed E-state index contributed by atoms with van der Waals surface area (Å²) in [5.41, 5.74) is -0.702. The lowest BCUT2D eigenvalue weighted by Gasteiger charge is -2.45. The summed E-state index contributed by atoms with van der Waals surface area (Å²) in [6, 6.07) is 1.56. The monoisotopic (exact) mass is 265 g/mol. The summed E-state index contributed by atoms with van der Waals surface area (Å²) in [6.07, 6.45) is 1.94. The summed E-state index contributed by atoms with van der Waals surface area (Å²) in [5, 5.41) is 12.4. The van der Waals surface area contributed by atoms with Crippen molar-refractivity contribution in [3.63, 3.8) is 0 Å². The summed E-state index contributed by atoms with van der Waals surface area (Å²) in [7, 11) is 0. The Labute approximate surface area is 109 Å². The number of fused-ring (bicyclic) bond motifs is 1. The van der Waals surface area contributed by atoms with E-state index in [0.717, 1.165) is 10.6 Å². The highest BCUT2D eigenvalue weighted by molar-refractivity contribution is 7.10. The molecule has 2 atom stereocenters. The van der Waals surface area contributed by atoms with Crippen LogP contribution in [-0.2, 0) is 4.79 Å². The van der Waals surface area contributed by atoms with Crippen molar-refractivity contribution in [2.45, 2.75) is 31.6 Å². The van der Waals surface area contributed by atoms with Gasteiger partial charge in [0, 0.05) is 6.54 Å². The Morgan fingerprint density at radius 1 is 1.67 bits per heavy atom. The number of aliphatic hydroxyl groups is 1. The van der Waals surface area contributed by atoms with E-state index < -0.39 is 11.7 Å². The second-order valence-electron chi connectivity index (χ2n) is 4.98. The van der Waals surface area contributed by atoms with Crippen LogP contribution in [0.4, 0.5) is 0 Å². The number of ether oxygens (including phenoxy) is 1. The average Bonchev–Trinajstić information content (AvgIpc) is 2.88. The van der Waals surface area contributed by atoms with E-state index in [1.165, 1.54) is 11.3 Å². The molecule has 3 heterocycles. The van der Waals surface area contributed by atoms with Crippen LogP contribution in [0.2, 0.25) is 0 Å². The van der Waals surface area contributed by atoms with E-state index >= 15 is 0 Å². The maximum Gasteiger partial charge on any atom is 0.136 e. The molecule has 1 N–H and O–H groups in total. The molecule has 0 saturated heterocycles. The summed E-state index contributed by atoms with van der Waals surface area (Å²) >= 11 is 1.51. The van der Waals surface area contributed by atoms with Crippen LogP contribution >= 0.6 is 11.3 Å². The van der Waals surface area contributed by atoms with E-state index in [0.29, 0.717) is 0 Å². The normalized spacial score (nSPS) is 29.3. The highest BCUT2D eigenvalue weighted by atomic mass is 32.1. The van der Waals surface area contributed by atoms with Gasteiger partial charge in [0.1, 0.15) is 23.4 Å². The van der Waals surface area contributed by atoms with Crippen molar-refractivity contribution < 1.29 is 14.6 Å². The second kappa shape index (κ2) is 3.80. The van der Waals surface area contributed by atoms with Crippen molar-refractivity contribution in [2.24, 2.45) is 4.99 Å². The van der Waals surface area contributed by atoms with Gasteiger partial charge in [0.15, 0.2) is 0 Å². The molecule has 0 saturated carbocycles. The van der Waals surface area contributed by atoms with Gasteiger partial charge >= 0.3 is 0 Å². The van der Waals surface area contributed by atoms with Gasteiger partial charge in [0.05, 0.1) is 10.9 Å². The van der Waals surface area contributed by atoms with Crippen LogP contribution in [0.15, 0.2) is 16.4 Å². The van der Waals surface area contributed by atoms with E-state index in [1.54, 1.807) is 4.90 Å². The third-order valence-corrected chi connectivity index (χ3v) is 4.22. The van der Waals surface area contributed by atoms with Crippen LogP contribution < -0.4 is 4.74 Å². The summed E-state index contributed by atoms with van der Waals surface area (Å²) < 4.78 is 5.78. The number of thiophene rings is 1. The Hall–Kier alpha value is -1.40. The molecular formula is C12H13N2O3S-. The average molecular weight is 265 g/mol. The van der Waals surface area contributed by atoms with E-state index in [2.05, 4.69) is 11.3 Å². The first-order valence-corrected chi connectivity index (χ1v) is 6.57. The molecule has 6 heteroatoms. The highest BCUT2D eigenvalue weighted by Gasteiger charge is 2.45. The Morgan fingerprint density at radius 3 is 3.11 bits per heavy atom. The molecule has 1 amide bonds. The van der Waals surface area contributed by atoms with E-state index in [4.69, 9.17) is 4.74 Å². The first kappa shape index (κ1) is 11.7. The van der Waals surface area contributed by atoms with Gasteiger partial charge in [-0.2, -0.15) is 0 Å². The molecule has 3 rings (SSSR count). The molecule has 2 unspecified atom stereocenters. The van der Waals surface area contributed by atoms with Gasteiger partial charge in [-0.3, -0.25) is 0 Å². The molecule has 1 aromatic rings. The Kier molecular flexibility index (Phi) is 2.46. The van der Waals surface area contributed by atoms with Gasteiger partial charge in [0.2, 0.25) is 0 Å². The van der Waals surface area contributed by atoms with Gasteiger partial charge < -0.3 is 24.5 Å². The smallest absolute Gasteiger partial charge is 0.136 e. The number of aliphatic imine (C=N–C) groups is 1. The van der Waals surface area contributed by atoms with Gasteiger partial charge in [-0.25, -0.2) is 0 Å². The summed E-state index contributed by atoms with van der Waals surface area (Å²) in [4.78, 5) is 17.4. The molecule has 18 heavy (non-hydrogen) atoms. The minimum Gasteiger partial charge on any atom is -0.484 e. The SMILES string of the molecule is CC1(C)Oc2ccsc2C(N2[C-]=NC(=O)C2)C1O. The predicted octanol–water partition coefficient (Wildman–Crippen LogP) is 1.07. The third-order valence-electron chi connectivity index (χ3n) is 3.25. The maximum atomic E-state index is 11.2. The van der Waals surface area contributed by atoms with Crippen molar-refractivity contribution in [3.8, 4) is 5.75 Å². The Balaban J connectivity index is 2.02. The fourth-order valence-electron chi connectivity index (χ4n) is 2.29. The number of hydrogen-bond donors (Lipinski definition) is 1. The molecule has 0 fully saturated rings. The lowest BCUT2D eigenvalue weighted by molar-refractivity contribution is -0.119. The fraction of sp³-hybridized carbons (Fsp3) is 0.500. The summed E-state index contributed by atoms with van der Waals surface area (Å²) in [5.74, 6) is 0.533. The van der Waals surface area contributed by atoms with Crippen LogP contribution in [0.25, 0.3) is 0 Å². The van der Waals surface area contributed by atoms with Crippen molar-refractivity contribution in [1.29, 1.82) is 0 Å². The van der Waals surface area contributed by atoms with E-state index in [9.17, 15) is 9.90 Å². The minimum absolute atomic E-state index is 0.162. The molecule has 0 bridgehead atoms. The number of aliphatic hydroxyl groups excluding tert-OH is 1. The zero-order valence-corrected chi connectivity index (χ0v) is 10.9. The molecule has 2 aliphatic heterocycles. The topological polar surface area (TPSA) is 62.1 Å². The molecule has 0 aromatic carbocycles. The first-order valence-electron chi connectivity index (χ1n) is 5.69. The number of hydrogen-bond acceptors (Lipinski definition) is 5. The van der Waals surface area contributed by atoms with Crippen LogP contribution in [0.3, 0.4) is 0 Å². The molecule has 0 radical (unpaired) electrons.